The molecule has 0 radical (unpaired) electrons. The van der Waals surface area contributed by atoms with Crippen molar-refractivity contribution >= 4 is 17.3 Å². The molecule has 1 fully saturated rings. The van der Waals surface area contributed by atoms with Crippen LogP contribution < -0.4 is 10.2 Å². The molecule has 0 aliphatic carbocycles. The molecule has 1 aliphatic heterocycles. The maximum absolute atomic E-state index is 9.49. The molecule has 1 unspecified atom stereocenters. The molecule has 0 amide bonds. The molecule has 1 aromatic carbocycles. The predicted octanol–water partition coefficient (Wildman–Crippen LogP) is 1.81. The number of aliphatic hydroxyl groups excluding tert-OH is 1. The summed E-state index contributed by atoms with van der Waals surface area (Å²) in [5.41, 5.74) is 2.11. The second kappa shape index (κ2) is 4.84. The number of hydrogen-bond acceptors (Lipinski definition) is 3. The number of anilines is 1. The van der Waals surface area contributed by atoms with E-state index in [2.05, 4.69) is 16.3 Å². The van der Waals surface area contributed by atoms with Crippen LogP contribution in [-0.2, 0) is 0 Å². The van der Waals surface area contributed by atoms with E-state index in [0.29, 0.717) is 0 Å². The molecule has 1 aliphatic rings. The molecule has 94 valence electrons. The highest BCUT2D eigenvalue weighted by Crippen LogP contribution is 2.31. The van der Waals surface area contributed by atoms with Crippen LogP contribution in [0.2, 0.25) is 5.02 Å². The average molecular weight is 255 g/mol. The van der Waals surface area contributed by atoms with Crippen LogP contribution in [0.3, 0.4) is 0 Å². The van der Waals surface area contributed by atoms with E-state index in [1.807, 2.05) is 26.1 Å². The Morgan fingerprint density at radius 1 is 1.53 bits per heavy atom. The Hall–Kier alpha value is -0.770. The first kappa shape index (κ1) is 12.7. The summed E-state index contributed by atoms with van der Waals surface area (Å²) in [6, 6.07) is 5.97. The van der Waals surface area contributed by atoms with Crippen LogP contribution in [0.1, 0.15) is 12.0 Å². The van der Waals surface area contributed by atoms with Crippen LogP contribution in [0.4, 0.5) is 5.69 Å². The smallest absolute Gasteiger partial charge is 0.0631 e. The highest BCUT2D eigenvalue weighted by atomic mass is 35.5. The molecule has 0 saturated carbocycles. The highest BCUT2D eigenvalue weighted by Gasteiger charge is 2.36. The third-order valence-corrected chi connectivity index (χ3v) is 4.18. The molecule has 3 nitrogen and oxygen atoms in total. The molecule has 2 N–H and O–H groups in total. The van der Waals surface area contributed by atoms with Gasteiger partial charge in [-0.1, -0.05) is 17.7 Å². The van der Waals surface area contributed by atoms with Crippen molar-refractivity contribution in [3.8, 4) is 0 Å². The quantitative estimate of drug-likeness (QED) is 0.864. The molecule has 17 heavy (non-hydrogen) atoms. The summed E-state index contributed by atoms with van der Waals surface area (Å²) in [6.45, 7) is 3.97. The third kappa shape index (κ3) is 2.28. The second-order valence-electron chi connectivity index (χ2n) is 4.74. The van der Waals surface area contributed by atoms with E-state index in [-0.39, 0.29) is 12.1 Å². The summed E-state index contributed by atoms with van der Waals surface area (Å²) in [7, 11) is 1.91. The topological polar surface area (TPSA) is 35.5 Å². The summed E-state index contributed by atoms with van der Waals surface area (Å²) >= 11 is 6.14. The lowest BCUT2D eigenvalue weighted by molar-refractivity contribution is 0.184. The monoisotopic (exact) mass is 254 g/mol. The van der Waals surface area contributed by atoms with Crippen molar-refractivity contribution in [2.24, 2.45) is 0 Å². The van der Waals surface area contributed by atoms with Crippen molar-refractivity contribution < 1.29 is 5.11 Å². The molecular weight excluding hydrogens is 236 g/mol. The predicted molar refractivity (Wildman–Crippen MR) is 71.9 cm³/mol. The van der Waals surface area contributed by atoms with Gasteiger partial charge in [0.15, 0.2) is 0 Å². The summed E-state index contributed by atoms with van der Waals surface area (Å²) in [5, 5.41) is 13.5. The number of benzene rings is 1. The second-order valence-corrected chi connectivity index (χ2v) is 5.15. The summed E-state index contributed by atoms with van der Waals surface area (Å²) in [5.74, 6) is 0. The van der Waals surface area contributed by atoms with Crippen molar-refractivity contribution in [3.63, 3.8) is 0 Å². The van der Waals surface area contributed by atoms with Gasteiger partial charge in [0.2, 0.25) is 0 Å². The highest BCUT2D eigenvalue weighted by molar-refractivity contribution is 6.31. The standard InChI is InChI=1S/C13H19ClN2O/c1-10-11(14)4-3-5-12(10)16-7-6-13(8-16,9-17)15-2/h3-5,15,17H,6-9H2,1-2H3. The summed E-state index contributed by atoms with van der Waals surface area (Å²) in [4.78, 5) is 2.29. The number of halogens is 1. The lowest BCUT2D eigenvalue weighted by Crippen LogP contribution is -2.48. The fraction of sp³-hybridized carbons (Fsp3) is 0.538. The minimum absolute atomic E-state index is 0.166. The van der Waals surface area contributed by atoms with Gasteiger partial charge in [0.05, 0.1) is 12.1 Å². The van der Waals surface area contributed by atoms with Gasteiger partial charge in [0.25, 0.3) is 0 Å². The zero-order valence-corrected chi connectivity index (χ0v) is 11.1. The fourth-order valence-corrected chi connectivity index (χ4v) is 2.60. The van der Waals surface area contributed by atoms with Gasteiger partial charge in [-0.25, -0.2) is 0 Å². The lowest BCUT2D eigenvalue weighted by Gasteiger charge is -2.28. The minimum atomic E-state index is -0.172. The zero-order chi connectivity index (χ0) is 12.5. The first-order valence-electron chi connectivity index (χ1n) is 5.92. The van der Waals surface area contributed by atoms with Crippen molar-refractivity contribution in [3.05, 3.63) is 28.8 Å². The maximum Gasteiger partial charge on any atom is 0.0631 e. The Labute approximate surface area is 107 Å². The third-order valence-electron chi connectivity index (χ3n) is 3.77. The van der Waals surface area contributed by atoms with Gasteiger partial charge in [-0.2, -0.15) is 0 Å². The van der Waals surface area contributed by atoms with Gasteiger partial charge in [0, 0.05) is 23.8 Å². The van der Waals surface area contributed by atoms with E-state index in [9.17, 15) is 5.11 Å². The van der Waals surface area contributed by atoms with Crippen LogP contribution in [0.25, 0.3) is 0 Å². The van der Waals surface area contributed by atoms with Crippen molar-refractivity contribution in [2.75, 3.05) is 31.6 Å². The molecule has 0 aromatic heterocycles. The zero-order valence-electron chi connectivity index (χ0n) is 10.3. The lowest BCUT2D eigenvalue weighted by atomic mass is 10.0. The molecule has 0 spiro atoms. The van der Waals surface area contributed by atoms with Gasteiger partial charge < -0.3 is 15.3 Å². The van der Waals surface area contributed by atoms with Gasteiger partial charge >= 0.3 is 0 Å². The molecule has 4 heteroatoms. The van der Waals surface area contributed by atoms with Crippen LogP contribution in [0, 0.1) is 6.92 Å². The van der Waals surface area contributed by atoms with Crippen LogP contribution >= 0.6 is 11.6 Å². The minimum Gasteiger partial charge on any atom is -0.394 e. The van der Waals surface area contributed by atoms with Gasteiger partial charge in [-0.3, -0.25) is 0 Å². The summed E-state index contributed by atoms with van der Waals surface area (Å²) < 4.78 is 0. The largest absolute Gasteiger partial charge is 0.394 e. The molecular formula is C13H19ClN2O. The number of rotatable bonds is 3. The number of aliphatic hydroxyl groups is 1. The van der Waals surface area contributed by atoms with E-state index in [1.54, 1.807) is 0 Å². The number of nitrogens with zero attached hydrogens (tertiary/aromatic N) is 1. The fourth-order valence-electron chi connectivity index (χ4n) is 2.43. The first-order chi connectivity index (χ1) is 8.12. The summed E-state index contributed by atoms with van der Waals surface area (Å²) in [6.07, 6.45) is 0.950. The van der Waals surface area contributed by atoms with Gasteiger partial charge in [-0.15, -0.1) is 0 Å². The SMILES string of the molecule is CNC1(CO)CCN(c2cccc(Cl)c2C)C1. The maximum atomic E-state index is 9.49. The average Bonchev–Trinajstić information content (AvgIpc) is 2.78. The van der Waals surface area contributed by atoms with Crippen LogP contribution in [0.15, 0.2) is 18.2 Å². The van der Waals surface area contributed by atoms with Crippen molar-refractivity contribution in [2.45, 2.75) is 18.9 Å². The van der Waals surface area contributed by atoms with Crippen molar-refractivity contribution in [1.82, 2.24) is 5.32 Å². The Kier molecular flexibility index (Phi) is 3.61. The number of likely N-dealkylation sites (N-methyl/N-ethyl adjacent to an activating group) is 1. The number of nitrogens with one attached hydrogen (secondary N) is 1. The van der Waals surface area contributed by atoms with E-state index < -0.39 is 0 Å². The van der Waals surface area contributed by atoms with Crippen LogP contribution in [0.5, 0.6) is 0 Å². The van der Waals surface area contributed by atoms with E-state index >= 15 is 0 Å². The Balaban J connectivity index is 2.23. The van der Waals surface area contributed by atoms with Gasteiger partial charge in [0.1, 0.15) is 0 Å². The first-order valence-corrected chi connectivity index (χ1v) is 6.29. The molecule has 1 saturated heterocycles. The van der Waals surface area contributed by atoms with Crippen molar-refractivity contribution in [1.29, 1.82) is 0 Å². The Morgan fingerprint density at radius 2 is 2.29 bits per heavy atom. The molecule has 1 atom stereocenters. The Bertz CT molecular complexity index is 404. The molecule has 1 heterocycles. The molecule has 0 bridgehead atoms. The van der Waals surface area contributed by atoms with E-state index in [0.717, 1.165) is 30.1 Å². The number of hydrogen-bond donors (Lipinski definition) is 2. The normalized spacial score (nSPS) is 24.4. The van der Waals surface area contributed by atoms with E-state index in [4.69, 9.17) is 11.6 Å². The molecule has 2 rings (SSSR count). The van der Waals surface area contributed by atoms with E-state index in [1.165, 1.54) is 5.69 Å². The Morgan fingerprint density at radius 3 is 2.88 bits per heavy atom. The van der Waals surface area contributed by atoms with Crippen LogP contribution in [-0.4, -0.2) is 37.4 Å². The molecule has 1 aromatic rings. The van der Waals surface area contributed by atoms with Gasteiger partial charge in [-0.05, 0) is 38.1 Å².